The number of rotatable bonds is 4. The number of morpholine rings is 1. The van der Waals surface area contributed by atoms with Gasteiger partial charge in [-0.15, -0.1) is 0 Å². The maximum Gasteiger partial charge on any atom is 0.253 e. The van der Waals surface area contributed by atoms with E-state index in [-0.39, 0.29) is 23.3 Å². The minimum Gasteiger partial charge on any atom is -0.396 e. The molecule has 1 atom stereocenters. The lowest BCUT2D eigenvalue weighted by Crippen LogP contribution is -2.41. The Morgan fingerprint density at radius 3 is 2.72 bits per heavy atom. The van der Waals surface area contributed by atoms with E-state index >= 15 is 0 Å². The number of aliphatic hydroxyl groups excluding tert-OH is 1. The molecule has 1 N–H and O–H groups in total. The second kappa shape index (κ2) is 7.82. The molecular weight excluding hydrogens is 344 g/mol. The van der Waals surface area contributed by atoms with Gasteiger partial charge in [-0.25, -0.2) is 8.42 Å². The molecule has 7 nitrogen and oxygen atoms in total. The normalized spacial score (nSPS) is 22.8. The highest BCUT2D eigenvalue weighted by molar-refractivity contribution is 7.89. The number of carbonyl (C=O) groups is 1. The molecule has 3 rings (SSSR count). The summed E-state index contributed by atoms with van der Waals surface area (Å²) in [6, 6.07) is 6.22. The van der Waals surface area contributed by atoms with E-state index in [2.05, 4.69) is 0 Å². The van der Waals surface area contributed by atoms with E-state index in [0.29, 0.717) is 45.0 Å². The van der Waals surface area contributed by atoms with Crippen LogP contribution in [0.25, 0.3) is 0 Å². The quantitative estimate of drug-likeness (QED) is 0.839. The minimum absolute atomic E-state index is 0.0647. The third kappa shape index (κ3) is 4.03. The molecule has 2 heterocycles. The number of benzene rings is 1. The van der Waals surface area contributed by atoms with Gasteiger partial charge >= 0.3 is 0 Å². The fourth-order valence-electron chi connectivity index (χ4n) is 3.31. The number of likely N-dealkylation sites (tertiary alicyclic amines) is 1. The highest BCUT2D eigenvalue weighted by Gasteiger charge is 2.28. The van der Waals surface area contributed by atoms with Crippen LogP contribution in [0.15, 0.2) is 29.2 Å². The van der Waals surface area contributed by atoms with Crippen LogP contribution in [-0.2, 0) is 14.8 Å². The fraction of sp³-hybridized carbons (Fsp3) is 0.588. The van der Waals surface area contributed by atoms with Gasteiger partial charge in [0.15, 0.2) is 0 Å². The molecule has 1 aromatic carbocycles. The van der Waals surface area contributed by atoms with Crippen LogP contribution < -0.4 is 0 Å². The summed E-state index contributed by atoms with van der Waals surface area (Å²) in [5, 5.41) is 9.32. The summed E-state index contributed by atoms with van der Waals surface area (Å²) in [5.41, 5.74) is 0.368. The fourth-order valence-corrected chi connectivity index (χ4v) is 4.76. The molecular formula is C17H24N2O5S. The van der Waals surface area contributed by atoms with Gasteiger partial charge in [0.25, 0.3) is 5.91 Å². The standard InChI is InChI=1S/C17H24N2O5S/c20-13-14-3-2-6-18(12-14)17(21)15-4-1-5-16(11-15)25(22,23)19-7-9-24-10-8-19/h1,4-5,11,14,20H,2-3,6-10,12-13H2. The Morgan fingerprint density at radius 2 is 2.00 bits per heavy atom. The molecule has 2 fully saturated rings. The largest absolute Gasteiger partial charge is 0.396 e. The topological polar surface area (TPSA) is 87.2 Å². The van der Waals surface area contributed by atoms with Gasteiger partial charge in [0.1, 0.15) is 0 Å². The predicted molar refractivity (Wildman–Crippen MR) is 91.7 cm³/mol. The van der Waals surface area contributed by atoms with Crippen LogP contribution in [0.1, 0.15) is 23.2 Å². The van der Waals surface area contributed by atoms with E-state index in [4.69, 9.17) is 4.74 Å². The number of carbonyl (C=O) groups excluding carboxylic acids is 1. The van der Waals surface area contributed by atoms with Crippen molar-refractivity contribution in [2.24, 2.45) is 5.92 Å². The summed E-state index contributed by atoms with van der Waals surface area (Å²) in [5.74, 6) is -0.0878. The SMILES string of the molecule is O=C(c1cccc(S(=O)(=O)N2CCOCC2)c1)N1CCCC(CO)C1. The van der Waals surface area contributed by atoms with Gasteiger partial charge in [-0.3, -0.25) is 4.79 Å². The third-order valence-electron chi connectivity index (χ3n) is 4.75. The molecule has 0 saturated carbocycles. The smallest absolute Gasteiger partial charge is 0.253 e. The Bertz CT molecular complexity index is 716. The lowest BCUT2D eigenvalue weighted by atomic mass is 9.98. The minimum atomic E-state index is -3.62. The molecule has 2 aliphatic rings. The molecule has 2 aliphatic heterocycles. The van der Waals surface area contributed by atoms with Gasteiger partial charge in [-0.05, 0) is 37.0 Å². The molecule has 0 bridgehead atoms. The van der Waals surface area contributed by atoms with Gasteiger partial charge in [0, 0.05) is 38.3 Å². The first-order valence-corrected chi connectivity index (χ1v) is 10.0. The van der Waals surface area contributed by atoms with E-state index < -0.39 is 10.0 Å². The van der Waals surface area contributed by atoms with Gasteiger partial charge in [-0.2, -0.15) is 4.31 Å². The van der Waals surface area contributed by atoms with Crippen LogP contribution >= 0.6 is 0 Å². The van der Waals surface area contributed by atoms with Crippen LogP contribution in [0.2, 0.25) is 0 Å². The van der Waals surface area contributed by atoms with Gasteiger partial charge in [-0.1, -0.05) is 6.07 Å². The van der Waals surface area contributed by atoms with Crippen molar-refractivity contribution in [1.82, 2.24) is 9.21 Å². The van der Waals surface area contributed by atoms with Crippen molar-refractivity contribution in [3.8, 4) is 0 Å². The van der Waals surface area contributed by atoms with Crippen molar-refractivity contribution in [2.45, 2.75) is 17.7 Å². The van der Waals surface area contributed by atoms with Crippen molar-refractivity contribution in [3.63, 3.8) is 0 Å². The summed E-state index contributed by atoms with van der Waals surface area (Å²) in [6.45, 7) is 2.62. The Morgan fingerprint density at radius 1 is 1.24 bits per heavy atom. The first-order valence-electron chi connectivity index (χ1n) is 8.60. The van der Waals surface area contributed by atoms with E-state index in [9.17, 15) is 18.3 Å². The van der Waals surface area contributed by atoms with Crippen LogP contribution in [0, 0.1) is 5.92 Å². The summed E-state index contributed by atoms with van der Waals surface area (Å²) >= 11 is 0. The molecule has 1 amide bonds. The molecule has 1 unspecified atom stereocenters. The second-order valence-electron chi connectivity index (χ2n) is 6.49. The highest BCUT2D eigenvalue weighted by Crippen LogP contribution is 2.21. The summed E-state index contributed by atoms with van der Waals surface area (Å²) in [6.07, 6.45) is 1.76. The van der Waals surface area contributed by atoms with Gasteiger partial charge < -0.3 is 14.7 Å². The molecule has 0 spiro atoms. The molecule has 25 heavy (non-hydrogen) atoms. The van der Waals surface area contributed by atoms with Crippen LogP contribution in [0.4, 0.5) is 0 Å². The summed E-state index contributed by atoms with van der Waals surface area (Å²) < 4.78 is 32.1. The Labute approximate surface area is 148 Å². The number of amides is 1. The maximum atomic E-state index is 12.7. The van der Waals surface area contributed by atoms with Crippen molar-refractivity contribution in [3.05, 3.63) is 29.8 Å². The van der Waals surface area contributed by atoms with Crippen molar-refractivity contribution < 1.29 is 23.1 Å². The van der Waals surface area contributed by atoms with E-state index in [1.54, 1.807) is 17.0 Å². The number of ether oxygens (including phenoxy) is 1. The Balaban J connectivity index is 1.80. The molecule has 138 valence electrons. The first kappa shape index (κ1) is 18.3. The predicted octanol–water partition coefficient (Wildman–Crippen LogP) is 0.552. The molecule has 2 saturated heterocycles. The molecule has 0 radical (unpaired) electrons. The van der Waals surface area contributed by atoms with E-state index in [1.165, 1.54) is 16.4 Å². The average molecular weight is 368 g/mol. The first-order chi connectivity index (χ1) is 12.0. The number of hydrogen-bond acceptors (Lipinski definition) is 5. The monoisotopic (exact) mass is 368 g/mol. The zero-order valence-corrected chi connectivity index (χ0v) is 15.0. The van der Waals surface area contributed by atoms with Crippen molar-refractivity contribution >= 4 is 15.9 Å². The van der Waals surface area contributed by atoms with Crippen LogP contribution in [0.5, 0.6) is 0 Å². The summed E-state index contributed by atoms with van der Waals surface area (Å²) in [7, 11) is -3.62. The van der Waals surface area contributed by atoms with Crippen LogP contribution in [0.3, 0.4) is 0 Å². The average Bonchev–Trinajstić information content (AvgIpc) is 2.68. The lowest BCUT2D eigenvalue weighted by molar-refractivity contribution is 0.0620. The number of piperidine rings is 1. The Kier molecular flexibility index (Phi) is 5.73. The van der Waals surface area contributed by atoms with Crippen molar-refractivity contribution in [2.75, 3.05) is 46.0 Å². The maximum absolute atomic E-state index is 12.7. The second-order valence-corrected chi connectivity index (χ2v) is 8.42. The molecule has 1 aromatic rings. The third-order valence-corrected chi connectivity index (χ3v) is 6.65. The van der Waals surface area contributed by atoms with E-state index in [1.807, 2.05) is 0 Å². The number of sulfonamides is 1. The van der Waals surface area contributed by atoms with Crippen molar-refractivity contribution in [1.29, 1.82) is 0 Å². The Hall–Kier alpha value is -1.48. The number of aliphatic hydroxyl groups is 1. The zero-order valence-electron chi connectivity index (χ0n) is 14.1. The number of nitrogens with zero attached hydrogens (tertiary/aromatic N) is 2. The number of hydrogen-bond donors (Lipinski definition) is 1. The lowest BCUT2D eigenvalue weighted by Gasteiger charge is -2.32. The van der Waals surface area contributed by atoms with Crippen LogP contribution in [-0.4, -0.2) is 74.6 Å². The zero-order chi connectivity index (χ0) is 17.9. The molecule has 0 aromatic heterocycles. The van der Waals surface area contributed by atoms with E-state index in [0.717, 1.165) is 12.8 Å². The van der Waals surface area contributed by atoms with Gasteiger partial charge in [0.05, 0.1) is 18.1 Å². The summed E-state index contributed by atoms with van der Waals surface area (Å²) in [4.78, 5) is 14.6. The van der Waals surface area contributed by atoms with Gasteiger partial charge in [0.2, 0.25) is 10.0 Å². The molecule has 0 aliphatic carbocycles. The highest BCUT2D eigenvalue weighted by atomic mass is 32.2. The molecule has 8 heteroatoms.